The first-order valence-corrected chi connectivity index (χ1v) is 10.9. The number of carbonyl (C=O) groups is 2. The first kappa shape index (κ1) is 21.9. The van der Waals surface area contributed by atoms with Gasteiger partial charge in [-0.3, -0.25) is 9.59 Å². The summed E-state index contributed by atoms with van der Waals surface area (Å²) in [6.07, 6.45) is 0.0628. The monoisotopic (exact) mass is 422 g/mol. The van der Waals surface area contributed by atoms with E-state index in [1.807, 2.05) is 32.0 Å². The van der Waals surface area contributed by atoms with Crippen molar-refractivity contribution in [1.29, 1.82) is 0 Å². The number of rotatable bonds is 7. The van der Waals surface area contributed by atoms with Crippen LogP contribution in [-0.2, 0) is 19.4 Å². The summed E-state index contributed by atoms with van der Waals surface area (Å²) < 4.78 is 25.4. The molecule has 0 spiro atoms. The van der Waals surface area contributed by atoms with E-state index >= 15 is 0 Å². The molecule has 2 amide bonds. The van der Waals surface area contributed by atoms with E-state index in [1.54, 1.807) is 31.2 Å². The van der Waals surface area contributed by atoms with Crippen LogP contribution in [0.1, 0.15) is 24.5 Å². The quantitative estimate of drug-likeness (QED) is 0.711. The lowest BCUT2D eigenvalue weighted by atomic mass is 10.1. The predicted molar refractivity (Wildman–Crippen MR) is 112 cm³/mol. The zero-order valence-corrected chi connectivity index (χ0v) is 17.5. The van der Waals surface area contributed by atoms with Gasteiger partial charge in [-0.15, -0.1) is 0 Å². The minimum Gasteiger partial charge on any atom is -0.325 e. The molecule has 2 aromatic carbocycles. The van der Waals surface area contributed by atoms with Gasteiger partial charge in [-0.1, -0.05) is 36.7 Å². The van der Waals surface area contributed by atoms with Crippen LogP contribution in [0.3, 0.4) is 0 Å². The minimum absolute atomic E-state index is 0.0628. The molecule has 8 heteroatoms. The maximum Gasteiger partial charge on any atom is 0.242 e. The van der Waals surface area contributed by atoms with Gasteiger partial charge in [-0.25, -0.2) is 8.42 Å². The maximum absolute atomic E-state index is 12.7. The van der Waals surface area contributed by atoms with Crippen molar-refractivity contribution < 1.29 is 18.0 Å². The number of benzene rings is 2. The lowest BCUT2D eigenvalue weighted by molar-refractivity contribution is -0.115. The zero-order chi connectivity index (χ0) is 20.9. The molecule has 0 fully saturated rings. The Morgan fingerprint density at radius 3 is 2.11 bits per heavy atom. The highest BCUT2D eigenvalue weighted by atomic mass is 35.5. The van der Waals surface area contributed by atoms with Gasteiger partial charge >= 0.3 is 0 Å². The van der Waals surface area contributed by atoms with E-state index in [0.717, 1.165) is 11.1 Å². The SMILES string of the molecule is CCC(C(=O)Nc1c(C)cccc1C)S(=O)(=O)CC(=O)Nc1ccc(Cl)cc1. The van der Waals surface area contributed by atoms with Crippen LogP contribution < -0.4 is 10.6 Å². The molecule has 0 aliphatic heterocycles. The fourth-order valence-electron chi connectivity index (χ4n) is 2.83. The zero-order valence-electron chi connectivity index (χ0n) is 16.0. The molecular weight excluding hydrogens is 400 g/mol. The van der Waals surface area contributed by atoms with E-state index in [2.05, 4.69) is 10.6 Å². The molecule has 2 rings (SSSR count). The second kappa shape index (κ2) is 9.21. The van der Waals surface area contributed by atoms with Gasteiger partial charge in [0, 0.05) is 16.4 Å². The van der Waals surface area contributed by atoms with Crippen molar-refractivity contribution in [2.45, 2.75) is 32.4 Å². The molecule has 0 heterocycles. The predicted octanol–water partition coefficient (Wildman–Crippen LogP) is 3.73. The molecule has 0 bridgehead atoms. The Balaban J connectivity index is 2.11. The molecule has 0 aliphatic rings. The second-order valence-corrected chi connectivity index (χ2v) is 9.14. The molecule has 0 radical (unpaired) electrons. The van der Waals surface area contributed by atoms with E-state index < -0.39 is 32.7 Å². The van der Waals surface area contributed by atoms with Gasteiger partial charge in [-0.2, -0.15) is 0 Å². The van der Waals surface area contributed by atoms with Gasteiger partial charge in [0.1, 0.15) is 11.0 Å². The third kappa shape index (κ3) is 5.56. The van der Waals surface area contributed by atoms with Gasteiger partial charge in [-0.05, 0) is 55.7 Å². The van der Waals surface area contributed by atoms with E-state index in [4.69, 9.17) is 11.6 Å². The summed E-state index contributed by atoms with van der Waals surface area (Å²) in [6.45, 7) is 5.26. The molecule has 2 N–H and O–H groups in total. The molecule has 6 nitrogen and oxygen atoms in total. The molecule has 28 heavy (non-hydrogen) atoms. The Labute approximate surface area is 170 Å². The molecule has 150 valence electrons. The standard InChI is InChI=1S/C20H23ClN2O4S/c1-4-17(20(25)23-19-13(2)6-5-7-14(19)3)28(26,27)12-18(24)22-16-10-8-15(21)9-11-16/h5-11,17H,4,12H2,1-3H3,(H,22,24)(H,23,25). The van der Waals surface area contributed by atoms with Gasteiger partial charge < -0.3 is 10.6 Å². The number of nitrogens with one attached hydrogen (secondary N) is 2. The highest BCUT2D eigenvalue weighted by Crippen LogP contribution is 2.21. The van der Waals surface area contributed by atoms with Crippen LogP contribution in [-0.4, -0.2) is 31.2 Å². The van der Waals surface area contributed by atoms with Crippen molar-refractivity contribution in [2.75, 3.05) is 16.4 Å². The summed E-state index contributed by atoms with van der Waals surface area (Å²) in [5.74, 6) is -2.13. The number of hydrogen-bond acceptors (Lipinski definition) is 4. The first-order chi connectivity index (χ1) is 13.1. The van der Waals surface area contributed by atoms with Gasteiger partial charge in [0.15, 0.2) is 9.84 Å². The van der Waals surface area contributed by atoms with Gasteiger partial charge in [0.25, 0.3) is 0 Å². The van der Waals surface area contributed by atoms with E-state index in [9.17, 15) is 18.0 Å². The number of carbonyl (C=O) groups excluding carboxylic acids is 2. The van der Waals surface area contributed by atoms with Crippen molar-refractivity contribution in [3.05, 3.63) is 58.6 Å². The lowest BCUT2D eigenvalue weighted by Gasteiger charge is -2.18. The molecule has 1 atom stereocenters. The number of amides is 2. The Bertz CT molecular complexity index is 952. The normalized spacial score (nSPS) is 12.3. The van der Waals surface area contributed by atoms with E-state index in [0.29, 0.717) is 16.4 Å². The number of para-hydroxylation sites is 1. The number of aryl methyl sites for hydroxylation is 2. The molecule has 2 aromatic rings. The fraction of sp³-hybridized carbons (Fsp3) is 0.300. The van der Waals surface area contributed by atoms with Crippen LogP contribution in [0.15, 0.2) is 42.5 Å². The molecule has 1 unspecified atom stereocenters. The highest BCUT2D eigenvalue weighted by Gasteiger charge is 2.33. The van der Waals surface area contributed by atoms with Crippen molar-refractivity contribution >= 4 is 44.6 Å². The van der Waals surface area contributed by atoms with Gasteiger partial charge in [0.05, 0.1) is 0 Å². The molecule has 0 saturated carbocycles. The maximum atomic E-state index is 12.7. The number of hydrogen-bond donors (Lipinski definition) is 2. The number of halogens is 1. The average molecular weight is 423 g/mol. The summed E-state index contributed by atoms with van der Waals surface area (Å²) in [5.41, 5.74) is 2.69. The largest absolute Gasteiger partial charge is 0.325 e. The van der Waals surface area contributed by atoms with Crippen LogP contribution in [0, 0.1) is 13.8 Å². The van der Waals surface area contributed by atoms with Crippen LogP contribution in [0.5, 0.6) is 0 Å². The smallest absolute Gasteiger partial charge is 0.242 e. The molecule has 0 aromatic heterocycles. The molecule has 0 aliphatic carbocycles. The first-order valence-electron chi connectivity index (χ1n) is 8.78. The van der Waals surface area contributed by atoms with Crippen molar-refractivity contribution in [3.63, 3.8) is 0 Å². The van der Waals surface area contributed by atoms with Crippen molar-refractivity contribution in [2.24, 2.45) is 0 Å². The van der Waals surface area contributed by atoms with Crippen LogP contribution in [0.2, 0.25) is 5.02 Å². The third-order valence-electron chi connectivity index (χ3n) is 4.29. The Hall–Kier alpha value is -2.38. The Morgan fingerprint density at radius 1 is 1.00 bits per heavy atom. The minimum atomic E-state index is -4.00. The van der Waals surface area contributed by atoms with E-state index in [1.165, 1.54) is 0 Å². The summed E-state index contributed by atoms with van der Waals surface area (Å²) in [7, 11) is -4.00. The van der Waals surface area contributed by atoms with Gasteiger partial charge in [0.2, 0.25) is 11.8 Å². The Morgan fingerprint density at radius 2 is 1.57 bits per heavy atom. The highest BCUT2D eigenvalue weighted by molar-refractivity contribution is 7.93. The van der Waals surface area contributed by atoms with E-state index in [-0.39, 0.29) is 6.42 Å². The molecule has 0 saturated heterocycles. The third-order valence-corrected chi connectivity index (χ3v) is 6.62. The fourth-order valence-corrected chi connectivity index (χ4v) is 4.49. The Kier molecular flexibility index (Phi) is 7.21. The average Bonchev–Trinajstić information content (AvgIpc) is 2.60. The van der Waals surface area contributed by atoms with Crippen molar-refractivity contribution in [3.8, 4) is 0 Å². The lowest BCUT2D eigenvalue weighted by Crippen LogP contribution is -2.39. The number of sulfone groups is 1. The van der Waals surface area contributed by atoms with Crippen molar-refractivity contribution in [1.82, 2.24) is 0 Å². The second-order valence-electron chi connectivity index (χ2n) is 6.52. The summed E-state index contributed by atoms with van der Waals surface area (Å²) in [5, 5.41) is 4.39. The topological polar surface area (TPSA) is 92.3 Å². The number of anilines is 2. The summed E-state index contributed by atoms with van der Waals surface area (Å²) in [6, 6.07) is 11.8. The molecular formula is C20H23ClN2O4S. The summed E-state index contributed by atoms with van der Waals surface area (Å²) >= 11 is 5.79. The van der Waals surface area contributed by atoms with Crippen LogP contribution >= 0.6 is 11.6 Å². The van der Waals surface area contributed by atoms with Crippen LogP contribution in [0.25, 0.3) is 0 Å². The summed E-state index contributed by atoms with van der Waals surface area (Å²) in [4.78, 5) is 24.8. The van der Waals surface area contributed by atoms with Crippen LogP contribution in [0.4, 0.5) is 11.4 Å².